The number of nitrogens with zero attached hydrogens (tertiary/aromatic N) is 2. The Kier molecular flexibility index (Phi) is 3.36. The lowest BCUT2D eigenvalue weighted by Gasteiger charge is -2.19. The van der Waals surface area contributed by atoms with E-state index in [0.717, 1.165) is 18.6 Å². The Hall–Kier alpha value is -0.480. The zero-order valence-electron chi connectivity index (χ0n) is 8.57. The summed E-state index contributed by atoms with van der Waals surface area (Å²) in [5.74, 6) is 1.20. The molecule has 0 amide bonds. The quantitative estimate of drug-likeness (QED) is 0.750. The predicted molar refractivity (Wildman–Crippen MR) is 62.6 cm³/mol. The Labute approximate surface area is 98.2 Å². The Bertz CT molecular complexity index is 352. The van der Waals surface area contributed by atoms with Crippen molar-refractivity contribution < 1.29 is 4.79 Å². The van der Waals surface area contributed by atoms with E-state index in [1.165, 1.54) is 12.6 Å². The number of Topliss-reactive ketones (excluding diaryl/α,β-unsaturated/α-hetero) is 1. The molecule has 0 aromatic carbocycles. The lowest BCUT2D eigenvalue weighted by molar-refractivity contribution is 0.0976. The fraction of sp³-hybridized carbons (Fsp3) is 0.600. The fourth-order valence-corrected chi connectivity index (χ4v) is 3.30. The number of carbonyl (C=O) groups is 1. The van der Waals surface area contributed by atoms with Crippen molar-refractivity contribution >= 4 is 29.1 Å². The number of rotatable bonds is 2. The number of aromatic nitrogens is 2. The third kappa shape index (κ3) is 2.21. The van der Waals surface area contributed by atoms with Crippen LogP contribution in [0.1, 0.15) is 29.8 Å². The van der Waals surface area contributed by atoms with Crippen LogP contribution in [-0.2, 0) is 7.05 Å². The van der Waals surface area contributed by atoms with E-state index >= 15 is 0 Å². The zero-order chi connectivity index (χ0) is 10.8. The van der Waals surface area contributed by atoms with Crippen LogP contribution < -0.4 is 0 Å². The first-order valence-electron chi connectivity index (χ1n) is 5.03. The number of carbonyl (C=O) groups excluding carboxylic acids is 1. The molecule has 1 saturated heterocycles. The highest BCUT2D eigenvalue weighted by molar-refractivity contribution is 8.00. The summed E-state index contributed by atoms with van der Waals surface area (Å²) in [5.41, 5.74) is 0.552. The summed E-state index contributed by atoms with van der Waals surface area (Å²) in [7, 11) is 1.76. The second-order valence-corrected chi connectivity index (χ2v) is 5.40. The monoisotopic (exact) mass is 244 g/mol. The number of halogens is 1. The number of hydrogen-bond donors (Lipinski definition) is 0. The average Bonchev–Trinajstić information content (AvgIpc) is 2.59. The highest BCUT2D eigenvalue weighted by Gasteiger charge is 2.26. The molecule has 0 radical (unpaired) electrons. The van der Waals surface area contributed by atoms with Gasteiger partial charge in [0.25, 0.3) is 0 Å². The molecule has 2 heterocycles. The van der Waals surface area contributed by atoms with E-state index in [0.29, 0.717) is 10.7 Å². The molecule has 1 aliphatic rings. The molecular formula is C10H13ClN2OS. The van der Waals surface area contributed by atoms with Crippen LogP contribution in [0.15, 0.2) is 6.20 Å². The van der Waals surface area contributed by atoms with Gasteiger partial charge in [0.15, 0.2) is 5.78 Å². The molecule has 1 fully saturated rings. The lowest BCUT2D eigenvalue weighted by atomic mass is 10.1. The highest BCUT2D eigenvalue weighted by atomic mass is 35.5. The smallest absolute Gasteiger partial charge is 0.195 e. The normalized spacial score (nSPS) is 21.6. The molecule has 3 nitrogen and oxygen atoms in total. The van der Waals surface area contributed by atoms with Crippen molar-refractivity contribution in [1.29, 1.82) is 0 Å². The average molecular weight is 245 g/mol. The second kappa shape index (κ2) is 4.58. The van der Waals surface area contributed by atoms with Gasteiger partial charge in [-0.2, -0.15) is 16.9 Å². The van der Waals surface area contributed by atoms with Gasteiger partial charge in [-0.25, -0.2) is 0 Å². The van der Waals surface area contributed by atoms with Crippen molar-refractivity contribution in [3.63, 3.8) is 0 Å². The molecule has 1 aliphatic heterocycles. The van der Waals surface area contributed by atoms with Crippen LogP contribution in [0.4, 0.5) is 0 Å². The summed E-state index contributed by atoms with van der Waals surface area (Å²) in [6.07, 6.45) is 4.85. The molecule has 5 heteroatoms. The Balaban J connectivity index is 2.19. The summed E-state index contributed by atoms with van der Waals surface area (Å²) in [4.78, 5) is 12.1. The van der Waals surface area contributed by atoms with Crippen LogP contribution in [0.3, 0.4) is 0 Å². The second-order valence-electron chi connectivity index (χ2n) is 3.68. The standard InChI is InChI=1S/C10H13ClN2OS/c1-13-9(7(11)6-12-13)10(14)8-4-2-3-5-15-8/h6,8H,2-5H2,1H3. The van der Waals surface area contributed by atoms with Gasteiger partial charge in [-0.15, -0.1) is 0 Å². The Morgan fingerprint density at radius 3 is 3.00 bits per heavy atom. The van der Waals surface area contributed by atoms with Gasteiger partial charge in [-0.3, -0.25) is 9.48 Å². The number of ketones is 1. The van der Waals surface area contributed by atoms with Gasteiger partial charge in [0.05, 0.1) is 16.5 Å². The maximum absolute atomic E-state index is 12.1. The number of thioether (sulfide) groups is 1. The SMILES string of the molecule is Cn1ncc(Cl)c1C(=O)C1CCCCS1. The topological polar surface area (TPSA) is 34.9 Å². The molecular weight excluding hydrogens is 232 g/mol. The van der Waals surface area contributed by atoms with Crippen LogP contribution in [0.25, 0.3) is 0 Å². The van der Waals surface area contributed by atoms with E-state index in [1.807, 2.05) is 0 Å². The molecule has 0 aliphatic carbocycles. The number of hydrogen-bond acceptors (Lipinski definition) is 3. The first-order chi connectivity index (χ1) is 7.20. The maximum Gasteiger partial charge on any atom is 0.195 e. The molecule has 82 valence electrons. The van der Waals surface area contributed by atoms with E-state index in [9.17, 15) is 4.79 Å². The van der Waals surface area contributed by atoms with E-state index in [-0.39, 0.29) is 11.0 Å². The summed E-state index contributed by atoms with van der Waals surface area (Å²) in [6, 6.07) is 0. The molecule has 0 spiro atoms. The van der Waals surface area contributed by atoms with E-state index in [2.05, 4.69) is 5.10 Å². The third-order valence-electron chi connectivity index (χ3n) is 2.60. The van der Waals surface area contributed by atoms with Crippen molar-refractivity contribution in [3.8, 4) is 0 Å². The highest BCUT2D eigenvalue weighted by Crippen LogP contribution is 2.29. The summed E-state index contributed by atoms with van der Waals surface area (Å²) in [5, 5.41) is 4.53. The zero-order valence-corrected chi connectivity index (χ0v) is 10.1. The van der Waals surface area contributed by atoms with Gasteiger partial charge in [0.1, 0.15) is 5.69 Å². The Morgan fingerprint density at radius 2 is 2.47 bits per heavy atom. The molecule has 2 rings (SSSR count). The molecule has 1 atom stereocenters. The first kappa shape index (κ1) is 11.0. The van der Waals surface area contributed by atoms with E-state index in [4.69, 9.17) is 11.6 Å². The predicted octanol–water partition coefficient (Wildman–Crippen LogP) is 2.54. The van der Waals surface area contributed by atoms with Crippen molar-refractivity contribution in [3.05, 3.63) is 16.9 Å². The third-order valence-corrected chi connectivity index (χ3v) is 4.25. The molecule has 1 unspecified atom stereocenters. The van der Waals surface area contributed by atoms with Gasteiger partial charge < -0.3 is 0 Å². The van der Waals surface area contributed by atoms with Gasteiger partial charge in [0, 0.05) is 7.05 Å². The fourth-order valence-electron chi connectivity index (χ4n) is 1.79. The summed E-state index contributed by atoms with van der Waals surface area (Å²) in [6.45, 7) is 0. The minimum Gasteiger partial charge on any atom is -0.291 e. The Morgan fingerprint density at radius 1 is 1.67 bits per heavy atom. The maximum atomic E-state index is 12.1. The van der Waals surface area contributed by atoms with Crippen LogP contribution in [-0.4, -0.2) is 26.6 Å². The van der Waals surface area contributed by atoms with Crippen LogP contribution >= 0.6 is 23.4 Å². The largest absolute Gasteiger partial charge is 0.291 e. The minimum absolute atomic E-state index is 0.0756. The van der Waals surface area contributed by atoms with Crippen LogP contribution in [0, 0.1) is 0 Å². The van der Waals surface area contributed by atoms with E-state index < -0.39 is 0 Å². The van der Waals surface area contributed by atoms with Crippen LogP contribution in [0.2, 0.25) is 5.02 Å². The number of aryl methyl sites for hydroxylation is 1. The summed E-state index contributed by atoms with van der Waals surface area (Å²) < 4.78 is 1.57. The van der Waals surface area contributed by atoms with Crippen molar-refractivity contribution in [2.75, 3.05) is 5.75 Å². The molecule has 1 aromatic rings. The van der Waals surface area contributed by atoms with Gasteiger partial charge in [0.2, 0.25) is 0 Å². The molecule has 0 bridgehead atoms. The van der Waals surface area contributed by atoms with Gasteiger partial charge in [-0.05, 0) is 18.6 Å². The van der Waals surface area contributed by atoms with Crippen molar-refractivity contribution in [1.82, 2.24) is 9.78 Å². The molecule has 0 N–H and O–H groups in total. The molecule has 1 aromatic heterocycles. The summed E-state index contributed by atoms with van der Waals surface area (Å²) >= 11 is 7.68. The van der Waals surface area contributed by atoms with Crippen molar-refractivity contribution in [2.45, 2.75) is 24.5 Å². The molecule has 15 heavy (non-hydrogen) atoms. The minimum atomic E-state index is 0.0756. The van der Waals surface area contributed by atoms with Crippen LogP contribution in [0.5, 0.6) is 0 Å². The lowest BCUT2D eigenvalue weighted by Crippen LogP contribution is -2.23. The first-order valence-corrected chi connectivity index (χ1v) is 6.46. The van der Waals surface area contributed by atoms with Gasteiger partial charge in [-0.1, -0.05) is 18.0 Å². The van der Waals surface area contributed by atoms with Crippen molar-refractivity contribution in [2.24, 2.45) is 7.05 Å². The van der Waals surface area contributed by atoms with Gasteiger partial charge >= 0.3 is 0 Å². The van der Waals surface area contributed by atoms with E-state index in [1.54, 1.807) is 23.5 Å². The molecule has 0 saturated carbocycles.